The molecule has 0 amide bonds. The van der Waals surface area contributed by atoms with Gasteiger partial charge in [0.1, 0.15) is 11.5 Å². The number of aromatic nitrogens is 4. The fourth-order valence-electron chi connectivity index (χ4n) is 2.71. The van der Waals surface area contributed by atoms with Gasteiger partial charge in [-0.2, -0.15) is 0 Å². The second kappa shape index (κ2) is 8.40. The Hall–Kier alpha value is -2.28. The zero-order valence-electron chi connectivity index (χ0n) is 15.7. The normalized spacial score (nSPS) is 11.1. The van der Waals surface area contributed by atoms with Crippen LogP contribution in [0.5, 0.6) is 5.75 Å². The summed E-state index contributed by atoms with van der Waals surface area (Å²) >= 11 is 1.67. The summed E-state index contributed by atoms with van der Waals surface area (Å²) in [5.41, 5.74) is 3.11. The first-order valence-electron chi connectivity index (χ1n) is 8.76. The lowest BCUT2D eigenvalue weighted by Gasteiger charge is -2.10. The summed E-state index contributed by atoms with van der Waals surface area (Å²) in [6.07, 6.45) is 2.20. The largest absolute Gasteiger partial charge is 0.497 e. The van der Waals surface area contributed by atoms with E-state index in [0.29, 0.717) is 0 Å². The Bertz CT molecular complexity index is 836. The number of hydrogen-bond acceptors (Lipinski definition) is 6. The molecule has 2 heterocycles. The van der Waals surface area contributed by atoms with Gasteiger partial charge in [-0.05, 0) is 44.5 Å². The van der Waals surface area contributed by atoms with Gasteiger partial charge in [0.25, 0.3) is 0 Å². The molecule has 2 aromatic heterocycles. The second-order valence-electron chi connectivity index (χ2n) is 6.13. The molecule has 26 heavy (non-hydrogen) atoms. The summed E-state index contributed by atoms with van der Waals surface area (Å²) in [5, 5.41) is 13.8. The van der Waals surface area contributed by atoms with Gasteiger partial charge in [0, 0.05) is 23.4 Å². The molecule has 0 saturated carbocycles. The van der Waals surface area contributed by atoms with Crippen molar-refractivity contribution >= 4 is 11.8 Å². The lowest BCUT2D eigenvalue weighted by atomic mass is 10.2. The van der Waals surface area contributed by atoms with Crippen molar-refractivity contribution in [3.8, 4) is 17.1 Å². The van der Waals surface area contributed by atoms with Crippen LogP contribution in [0.4, 0.5) is 0 Å². The van der Waals surface area contributed by atoms with E-state index in [1.54, 1.807) is 18.9 Å². The van der Waals surface area contributed by atoms with Gasteiger partial charge in [0.05, 0.1) is 12.8 Å². The van der Waals surface area contributed by atoms with Crippen LogP contribution in [-0.4, -0.2) is 27.0 Å². The van der Waals surface area contributed by atoms with Gasteiger partial charge in [-0.3, -0.25) is 0 Å². The fourth-order valence-corrected chi connectivity index (χ4v) is 3.83. The Morgan fingerprint density at radius 2 is 1.92 bits per heavy atom. The molecule has 0 radical (unpaired) electrons. The van der Waals surface area contributed by atoms with Crippen molar-refractivity contribution in [1.29, 1.82) is 0 Å². The summed E-state index contributed by atoms with van der Waals surface area (Å²) in [7, 11) is 1.67. The maximum absolute atomic E-state index is 5.26. The topological polar surface area (TPSA) is 66.0 Å². The van der Waals surface area contributed by atoms with Crippen LogP contribution in [0.25, 0.3) is 11.4 Å². The summed E-state index contributed by atoms with van der Waals surface area (Å²) in [4.78, 5) is 0. The minimum Gasteiger partial charge on any atom is -0.497 e. The van der Waals surface area contributed by atoms with E-state index in [2.05, 4.69) is 26.8 Å². The van der Waals surface area contributed by atoms with Gasteiger partial charge >= 0.3 is 0 Å². The summed E-state index contributed by atoms with van der Waals surface area (Å²) in [6, 6.07) is 7.94. The molecule has 0 spiro atoms. The molecule has 0 N–H and O–H groups in total. The zero-order valence-corrected chi connectivity index (χ0v) is 16.5. The minimum atomic E-state index is 0.772. The number of ether oxygens (including phenoxy) is 1. The van der Waals surface area contributed by atoms with Crippen molar-refractivity contribution in [3.05, 3.63) is 41.3 Å². The third-order valence-electron chi connectivity index (χ3n) is 4.33. The number of unbranched alkanes of at least 4 members (excludes halogenated alkanes) is 1. The van der Waals surface area contributed by atoms with Crippen LogP contribution in [0.15, 0.2) is 33.9 Å². The maximum Gasteiger partial charge on any atom is 0.191 e. The van der Waals surface area contributed by atoms with E-state index in [1.807, 2.05) is 38.1 Å². The number of methoxy groups -OCH3 is 1. The highest BCUT2D eigenvalue weighted by Crippen LogP contribution is 2.29. The van der Waals surface area contributed by atoms with Crippen molar-refractivity contribution in [2.24, 2.45) is 0 Å². The van der Waals surface area contributed by atoms with Gasteiger partial charge in [0.2, 0.25) is 0 Å². The lowest BCUT2D eigenvalue weighted by Crippen LogP contribution is -2.03. The van der Waals surface area contributed by atoms with Crippen LogP contribution in [0, 0.1) is 13.8 Å². The molecule has 7 heteroatoms. The highest BCUT2D eigenvalue weighted by Gasteiger charge is 2.16. The average molecular weight is 372 g/mol. The zero-order chi connectivity index (χ0) is 18.5. The smallest absolute Gasteiger partial charge is 0.191 e. The van der Waals surface area contributed by atoms with Crippen molar-refractivity contribution in [1.82, 2.24) is 19.9 Å². The number of aryl methyl sites for hydroxylation is 2. The predicted octanol–water partition coefficient (Wildman–Crippen LogP) is 4.65. The number of benzene rings is 1. The third kappa shape index (κ3) is 3.93. The van der Waals surface area contributed by atoms with E-state index in [9.17, 15) is 0 Å². The van der Waals surface area contributed by atoms with E-state index in [-0.39, 0.29) is 0 Å². The quantitative estimate of drug-likeness (QED) is 0.536. The highest BCUT2D eigenvalue weighted by atomic mass is 32.2. The fraction of sp³-hybridized carbons (Fsp3) is 0.421. The van der Waals surface area contributed by atoms with E-state index in [1.165, 1.54) is 0 Å². The molecule has 0 fully saturated rings. The van der Waals surface area contributed by atoms with Crippen LogP contribution < -0.4 is 4.74 Å². The van der Waals surface area contributed by atoms with Crippen molar-refractivity contribution in [2.75, 3.05) is 7.11 Å². The second-order valence-corrected chi connectivity index (χ2v) is 7.07. The SMILES string of the molecule is CCCCn1c(SCc2c(C)noc2C)nnc1-c1ccc(OC)cc1. The molecule has 3 aromatic rings. The number of thioether (sulfide) groups is 1. The molecule has 0 saturated heterocycles. The van der Waals surface area contributed by atoms with Crippen LogP contribution >= 0.6 is 11.8 Å². The van der Waals surface area contributed by atoms with E-state index >= 15 is 0 Å². The highest BCUT2D eigenvalue weighted by molar-refractivity contribution is 7.98. The van der Waals surface area contributed by atoms with Crippen LogP contribution in [0.1, 0.15) is 36.8 Å². The third-order valence-corrected chi connectivity index (χ3v) is 5.32. The Kier molecular flexibility index (Phi) is 5.98. The Labute approximate surface area is 157 Å². The van der Waals surface area contributed by atoms with Crippen LogP contribution in [0.3, 0.4) is 0 Å². The molecule has 0 atom stereocenters. The predicted molar refractivity (Wildman–Crippen MR) is 102 cm³/mol. The van der Waals surface area contributed by atoms with Crippen molar-refractivity contribution in [2.45, 2.75) is 51.1 Å². The first-order chi connectivity index (χ1) is 12.6. The molecule has 3 rings (SSSR count). The molecule has 1 aromatic carbocycles. The van der Waals surface area contributed by atoms with Crippen molar-refractivity contribution < 1.29 is 9.26 Å². The van der Waals surface area contributed by atoms with Crippen LogP contribution in [-0.2, 0) is 12.3 Å². The molecular formula is C19H24N4O2S. The monoisotopic (exact) mass is 372 g/mol. The van der Waals surface area contributed by atoms with Gasteiger partial charge < -0.3 is 13.8 Å². The summed E-state index contributed by atoms with van der Waals surface area (Å²) in [5.74, 6) is 3.36. The molecule has 0 aliphatic heterocycles. The first kappa shape index (κ1) is 18.5. The Morgan fingerprint density at radius 1 is 1.15 bits per heavy atom. The lowest BCUT2D eigenvalue weighted by molar-refractivity contribution is 0.392. The van der Waals surface area contributed by atoms with Gasteiger partial charge in [-0.25, -0.2) is 0 Å². The van der Waals surface area contributed by atoms with Gasteiger partial charge in [-0.15, -0.1) is 10.2 Å². The summed E-state index contributed by atoms with van der Waals surface area (Å²) in [6.45, 7) is 7.00. The number of nitrogens with zero attached hydrogens (tertiary/aromatic N) is 4. The van der Waals surface area contributed by atoms with Gasteiger partial charge in [-0.1, -0.05) is 30.3 Å². The van der Waals surface area contributed by atoms with E-state index in [0.717, 1.165) is 64.5 Å². The van der Waals surface area contributed by atoms with E-state index < -0.39 is 0 Å². The molecule has 0 aliphatic carbocycles. The Morgan fingerprint density at radius 3 is 2.54 bits per heavy atom. The minimum absolute atomic E-state index is 0.772. The molecule has 6 nitrogen and oxygen atoms in total. The maximum atomic E-state index is 5.26. The molecule has 0 bridgehead atoms. The molecular weight excluding hydrogens is 348 g/mol. The van der Waals surface area contributed by atoms with Gasteiger partial charge in [0.15, 0.2) is 11.0 Å². The molecule has 0 aliphatic rings. The molecule has 0 unspecified atom stereocenters. The van der Waals surface area contributed by atoms with Crippen LogP contribution in [0.2, 0.25) is 0 Å². The van der Waals surface area contributed by atoms with E-state index in [4.69, 9.17) is 9.26 Å². The summed E-state index contributed by atoms with van der Waals surface area (Å²) < 4.78 is 12.7. The standard InChI is InChI=1S/C19H24N4O2S/c1-5-6-11-23-18(15-7-9-16(24-4)10-8-15)20-21-19(23)26-12-17-13(2)22-25-14(17)3/h7-10H,5-6,11-12H2,1-4H3. The molecule has 138 valence electrons. The Balaban J connectivity index is 1.86. The number of hydrogen-bond donors (Lipinski definition) is 0. The van der Waals surface area contributed by atoms with Crippen molar-refractivity contribution in [3.63, 3.8) is 0 Å². The average Bonchev–Trinajstić information content (AvgIpc) is 3.21. The first-order valence-corrected chi connectivity index (χ1v) is 9.74. The number of rotatable bonds is 8.